The standard InChI is InChI=1S/C9H14O5/c1-13-7(10)5-9(8(11)12)3-2-4-14-6-9/h2-6H2,1H3,(H,11,12). The van der Waals surface area contributed by atoms with Crippen LogP contribution in [0.1, 0.15) is 19.3 Å². The maximum absolute atomic E-state index is 11.0. The smallest absolute Gasteiger partial charge is 0.312 e. The Labute approximate surface area is 82.0 Å². The highest BCUT2D eigenvalue weighted by Crippen LogP contribution is 2.32. The number of carbonyl (C=O) groups excluding carboxylic acids is 1. The van der Waals surface area contributed by atoms with Gasteiger partial charge >= 0.3 is 11.9 Å². The lowest BCUT2D eigenvalue weighted by molar-refractivity contribution is -0.165. The fraction of sp³-hybridized carbons (Fsp3) is 0.778. The number of hydrogen-bond acceptors (Lipinski definition) is 4. The SMILES string of the molecule is COC(=O)CC1(C(=O)O)CCCOC1. The second kappa shape index (κ2) is 4.41. The van der Waals surface area contributed by atoms with Crippen molar-refractivity contribution < 1.29 is 24.2 Å². The fourth-order valence-electron chi connectivity index (χ4n) is 1.58. The lowest BCUT2D eigenvalue weighted by Crippen LogP contribution is -2.41. The molecule has 1 heterocycles. The number of carbonyl (C=O) groups is 2. The van der Waals surface area contributed by atoms with Crippen LogP contribution in [-0.4, -0.2) is 37.4 Å². The lowest BCUT2D eigenvalue weighted by Gasteiger charge is -2.31. The summed E-state index contributed by atoms with van der Waals surface area (Å²) in [5.41, 5.74) is -1.08. The van der Waals surface area contributed by atoms with E-state index in [9.17, 15) is 9.59 Å². The van der Waals surface area contributed by atoms with E-state index in [1.54, 1.807) is 0 Å². The van der Waals surface area contributed by atoms with Crippen LogP contribution in [0.15, 0.2) is 0 Å². The molecule has 14 heavy (non-hydrogen) atoms. The van der Waals surface area contributed by atoms with Crippen molar-refractivity contribution in [3.05, 3.63) is 0 Å². The van der Waals surface area contributed by atoms with E-state index in [-0.39, 0.29) is 13.0 Å². The summed E-state index contributed by atoms with van der Waals surface area (Å²) in [6.07, 6.45) is 1.03. The third kappa shape index (κ3) is 2.23. The molecule has 1 unspecified atom stereocenters. The highest BCUT2D eigenvalue weighted by Gasteiger charge is 2.42. The first kappa shape index (κ1) is 11.0. The second-order valence-corrected chi connectivity index (χ2v) is 3.49. The van der Waals surface area contributed by atoms with Crippen LogP contribution in [-0.2, 0) is 19.1 Å². The Morgan fingerprint density at radius 3 is 2.71 bits per heavy atom. The summed E-state index contributed by atoms with van der Waals surface area (Å²) in [6, 6.07) is 0. The van der Waals surface area contributed by atoms with Crippen molar-refractivity contribution in [2.75, 3.05) is 20.3 Å². The first-order chi connectivity index (χ1) is 6.60. The van der Waals surface area contributed by atoms with Crippen molar-refractivity contribution in [3.8, 4) is 0 Å². The van der Waals surface area contributed by atoms with Gasteiger partial charge < -0.3 is 14.6 Å². The van der Waals surface area contributed by atoms with Crippen LogP contribution in [0, 0.1) is 5.41 Å². The molecular formula is C9H14O5. The van der Waals surface area contributed by atoms with Gasteiger partial charge in [0, 0.05) is 6.61 Å². The molecule has 0 bridgehead atoms. The molecule has 1 rings (SSSR count). The Kier molecular flexibility index (Phi) is 3.46. The van der Waals surface area contributed by atoms with Gasteiger partial charge in [-0.2, -0.15) is 0 Å². The molecule has 1 N–H and O–H groups in total. The normalized spacial score (nSPS) is 26.9. The molecule has 5 heteroatoms. The average molecular weight is 202 g/mol. The molecule has 0 spiro atoms. The lowest BCUT2D eigenvalue weighted by atomic mass is 9.79. The number of methoxy groups -OCH3 is 1. The van der Waals surface area contributed by atoms with Gasteiger partial charge in [0.15, 0.2) is 0 Å². The molecule has 0 aromatic carbocycles. The molecule has 5 nitrogen and oxygen atoms in total. The summed E-state index contributed by atoms with van der Waals surface area (Å²) in [5, 5.41) is 9.05. The summed E-state index contributed by atoms with van der Waals surface area (Å²) in [7, 11) is 1.25. The first-order valence-corrected chi connectivity index (χ1v) is 4.49. The van der Waals surface area contributed by atoms with Crippen LogP contribution in [0.2, 0.25) is 0 Å². The third-order valence-corrected chi connectivity index (χ3v) is 2.49. The number of hydrogen-bond donors (Lipinski definition) is 1. The zero-order chi connectivity index (χ0) is 10.6. The van der Waals surface area contributed by atoms with Crippen LogP contribution in [0.3, 0.4) is 0 Å². The maximum Gasteiger partial charge on any atom is 0.312 e. The predicted octanol–water partition coefficient (Wildman–Crippen LogP) is 0.431. The topological polar surface area (TPSA) is 72.8 Å². The van der Waals surface area contributed by atoms with Gasteiger partial charge in [-0.3, -0.25) is 9.59 Å². The Bertz CT molecular complexity index is 229. The molecule has 0 aromatic heterocycles. The van der Waals surface area contributed by atoms with Crippen molar-refractivity contribution in [1.82, 2.24) is 0 Å². The molecule has 0 aromatic rings. The number of aliphatic carboxylic acids is 1. The minimum Gasteiger partial charge on any atom is -0.481 e. The van der Waals surface area contributed by atoms with Gasteiger partial charge in [0.25, 0.3) is 0 Å². The minimum atomic E-state index is -1.08. The Balaban J connectivity index is 2.70. The molecule has 1 atom stereocenters. The Morgan fingerprint density at radius 1 is 1.57 bits per heavy atom. The summed E-state index contributed by atoms with van der Waals surface area (Å²) < 4.78 is 9.57. The molecular weight excluding hydrogens is 188 g/mol. The van der Waals surface area contributed by atoms with E-state index in [2.05, 4.69) is 4.74 Å². The summed E-state index contributed by atoms with van der Waals surface area (Å²) in [6.45, 7) is 0.660. The van der Waals surface area contributed by atoms with Crippen molar-refractivity contribution in [2.24, 2.45) is 5.41 Å². The second-order valence-electron chi connectivity index (χ2n) is 3.49. The Morgan fingerprint density at radius 2 is 2.29 bits per heavy atom. The van der Waals surface area contributed by atoms with E-state index in [0.29, 0.717) is 19.4 Å². The van der Waals surface area contributed by atoms with Crippen molar-refractivity contribution in [3.63, 3.8) is 0 Å². The zero-order valence-electron chi connectivity index (χ0n) is 8.12. The van der Waals surface area contributed by atoms with Crippen LogP contribution >= 0.6 is 0 Å². The van der Waals surface area contributed by atoms with Gasteiger partial charge in [-0.15, -0.1) is 0 Å². The van der Waals surface area contributed by atoms with Crippen LogP contribution in [0.5, 0.6) is 0 Å². The molecule has 1 saturated heterocycles. The molecule has 0 radical (unpaired) electrons. The first-order valence-electron chi connectivity index (χ1n) is 4.49. The predicted molar refractivity (Wildman–Crippen MR) is 46.8 cm³/mol. The summed E-state index contributed by atoms with van der Waals surface area (Å²) in [5.74, 6) is -1.49. The molecule has 0 aliphatic carbocycles. The number of carboxylic acid groups (broad SMARTS) is 1. The van der Waals surface area contributed by atoms with Crippen molar-refractivity contribution >= 4 is 11.9 Å². The Hall–Kier alpha value is -1.10. The monoisotopic (exact) mass is 202 g/mol. The van der Waals surface area contributed by atoms with E-state index in [0.717, 1.165) is 0 Å². The van der Waals surface area contributed by atoms with Crippen molar-refractivity contribution in [2.45, 2.75) is 19.3 Å². The third-order valence-electron chi connectivity index (χ3n) is 2.49. The van der Waals surface area contributed by atoms with E-state index in [1.807, 2.05) is 0 Å². The maximum atomic E-state index is 11.0. The number of ether oxygens (including phenoxy) is 2. The highest BCUT2D eigenvalue weighted by atomic mass is 16.5. The molecule has 1 aliphatic heterocycles. The summed E-state index contributed by atoms with van der Waals surface area (Å²) in [4.78, 5) is 22.1. The van der Waals surface area contributed by atoms with Gasteiger partial charge in [0.1, 0.15) is 5.41 Å². The molecule has 0 saturated carbocycles. The van der Waals surface area contributed by atoms with Gasteiger partial charge in [0.05, 0.1) is 20.1 Å². The van der Waals surface area contributed by atoms with Crippen LogP contribution in [0.25, 0.3) is 0 Å². The zero-order valence-corrected chi connectivity index (χ0v) is 8.12. The minimum absolute atomic E-state index is 0.0947. The van der Waals surface area contributed by atoms with Crippen LogP contribution in [0.4, 0.5) is 0 Å². The molecule has 1 fully saturated rings. The van der Waals surface area contributed by atoms with E-state index < -0.39 is 17.4 Å². The molecule has 1 aliphatic rings. The number of esters is 1. The molecule has 0 amide bonds. The average Bonchev–Trinajstić information content (AvgIpc) is 2.19. The van der Waals surface area contributed by atoms with E-state index in [1.165, 1.54) is 7.11 Å². The van der Waals surface area contributed by atoms with Crippen LogP contribution < -0.4 is 0 Å². The van der Waals surface area contributed by atoms with Crippen molar-refractivity contribution in [1.29, 1.82) is 0 Å². The number of carboxylic acids is 1. The van der Waals surface area contributed by atoms with E-state index in [4.69, 9.17) is 9.84 Å². The molecule has 80 valence electrons. The summed E-state index contributed by atoms with van der Waals surface area (Å²) >= 11 is 0. The fourth-order valence-corrected chi connectivity index (χ4v) is 1.58. The number of rotatable bonds is 3. The quantitative estimate of drug-likeness (QED) is 0.672. The van der Waals surface area contributed by atoms with Gasteiger partial charge in [-0.05, 0) is 12.8 Å². The van der Waals surface area contributed by atoms with E-state index >= 15 is 0 Å². The van der Waals surface area contributed by atoms with Gasteiger partial charge in [0.2, 0.25) is 0 Å². The van der Waals surface area contributed by atoms with Gasteiger partial charge in [-0.25, -0.2) is 0 Å². The largest absolute Gasteiger partial charge is 0.481 e. The highest BCUT2D eigenvalue weighted by molar-refractivity contribution is 5.82. The van der Waals surface area contributed by atoms with Gasteiger partial charge in [-0.1, -0.05) is 0 Å².